The van der Waals surface area contributed by atoms with Crippen LogP contribution in [0.5, 0.6) is 0 Å². The standard InChI is InChI=1S/C10H22N2S/c1-8(2)12-9(3)5-6-10(12,7-13)11-4/h8-9,11,13H,5-7H2,1-4H3/t9-,10-/m0/s1. The van der Waals surface area contributed by atoms with E-state index in [0.29, 0.717) is 12.1 Å². The third-order valence-corrected chi connectivity index (χ3v) is 3.75. The van der Waals surface area contributed by atoms with Crippen LogP contribution in [0.2, 0.25) is 0 Å². The Hall–Kier alpha value is 0.270. The van der Waals surface area contributed by atoms with Crippen LogP contribution in [0.3, 0.4) is 0 Å². The number of nitrogens with zero attached hydrogens (tertiary/aromatic N) is 1. The van der Waals surface area contributed by atoms with Crippen LogP contribution in [0.15, 0.2) is 0 Å². The molecule has 0 bridgehead atoms. The number of hydrogen-bond donors (Lipinski definition) is 2. The molecule has 0 aromatic carbocycles. The minimum atomic E-state index is 0.136. The largest absolute Gasteiger partial charge is 0.302 e. The highest BCUT2D eigenvalue weighted by atomic mass is 32.1. The molecule has 1 rings (SSSR count). The van der Waals surface area contributed by atoms with Crippen molar-refractivity contribution in [3.63, 3.8) is 0 Å². The fraction of sp³-hybridized carbons (Fsp3) is 1.00. The SMILES string of the molecule is CN[C@@]1(CS)CC[C@H](C)N1C(C)C. The summed E-state index contributed by atoms with van der Waals surface area (Å²) in [5, 5.41) is 3.44. The summed E-state index contributed by atoms with van der Waals surface area (Å²) < 4.78 is 0. The number of rotatable bonds is 3. The molecule has 78 valence electrons. The van der Waals surface area contributed by atoms with Crippen molar-refractivity contribution >= 4 is 12.6 Å². The molecule has 2 nitrogen and oxygen atoms in total. The molecule has 3 heteroatoms. The van der Waals surface area contributed by atoms with Gasteiger partial charge in [0, 0.05) is 17.8 Å². The predicted octanol–water partition coefficient (Wildman–Crippen LogP) is 1.72. The third-order valence-electron chi connectivity index (χ3n) is 3.23. The zero-order valence-electron chi connectivity index (χ0n) is 9.17. The van der Waals surface area contributed by atoms with Crippen LogP contribution >= 0.6 is 12.6 Å². The molecule has 0 aromatic heterocycles. The lowest BCUT2D eigenvalue weighted by atomic mass is 10.1. The summed E-state index contributed by atoms with van der Waals surface area (Å²) in [5.41, 5.74) is 0.136. The van der Waals surface area contributed by atoms with E-state index in [1.165, 1.54) is 12.8 Å². The first-order chi connectivity index (χ1) is 6.07. The molecule has 0 radical (unpaired) electrons. The summed E-state index contributed by atoms with van der Waals surface area (Å²) in [6.07, 6.45) is 2.49. The average molecular weight is 202 g/mol. The number of hydrogen-bond acceptors (Lipinski definition) is 3. The second-order valence-electron chi connectivity index (χ2n) is 4.33. The normalized spacial score (nSPS) is 36.0. The molecular formula is C10H22N2S. The Morgan fingerprint density at radius 1 is 1.62 bits per heavy atom. The summed E-state index contributed by atoms with van der Waals surface area (Å²) in [7, 11) is 2.05. The molecule has 1 N–H and O–H groups in total. The fourth-order valence-corrected chi connectivity index (χ4v) is 3.11. The first-order valence-electron chi connectivity index (χ1n) is 5.15. The van der Waals surface area contributed by atoms with Gasteiger partial charge in [-0.25, -0.2) is 0 Å². The molecule has 2 atom stereocenters. The molecule has 1 saturated heterocycles. The smallest absolute Gasteiger partial charge is 0.0805 e. The van der Waals surface area contributed by atoms with Gasteiger partial charge in [0.2, 0.25) is 0 Å². The molecule has 0 aliphatic carbocycles. The maximum absolute atomic E-state index is 4.47. The van der Waals surface area contributed by atoms with E-state index in [1.54, 1.807) is 0 Å². The summed E-state index contributed by atoms with van der Waals surface area (Å²) in [6.45, 7) is 6.83. The average Bonchev–Trinajstić information content (AvgIpc) is 2.43. The second kappa shape index (κ2) is 4.20. The molecule has 1 aliphatic heterocycles. The van der Waals surface area contributed by atoms with Crippen molar-refractivity contribution in [1.82, 2.24) is 10.2 Å². The summed E-state index contributed by atoms with van der Waals surface area (Å²) in [4.78, 5) is 2.56. The highest BCUT2D eigenvalue weighted by molar-refractivity contribution is 7.80. The van der Waals surface area contributed by atoms with Gasteiger partial charge in [0.1, 0.15) is 0 Å². The van der Waals surface area contributed by atoms with E-state index >= 15 is 0 Å². The van der Waals surface area contributed by atoms with E-state index in [1.807, 2.05) is 7.05 Å². The summed E-state index contributed by atoms with van der Waals surface area (Å²) in [6, 6.07) is 1.27. The zero-order valence-corrected chi connectivity index (χ0v) is 10.1. The van der Waals surface area contributed by atoms with Crippen molar-refractivity contribution in [2.45, 2.75) is 51.4 Å². The second-order valence-corrected chi connectivity index (χ2v) is 4.64. The Labute approximate surface area is 87.5 Å². The van der Waals surface area contributed by atoms with E-state index in [-0.39, 0.29) is 5.66 Å². The van der Waals surface area contributed by atoms with Crippen molar-refractivity contribution in [2.24, 2.45) is 0 Å². The van der Waals surface area contributed by atoms with Gasteiger partial charge in [0.05, 0.1) is 5.66 Å². The maximum atomic E-state index is 4.47. The highest BCUT2D eigenvalue weighted by Gasteiger charge is 2.43. The number of likely N-dealkylation sites (tertiary alicyclic amines) is 1. The van der Waals surface area contributed by atoms with E-state index in [0.717, 1.165) is 5.75 Å². The minimum Gasteiger partial charge on any atom is -0.302 e. The Kier molecular flexibility index (Phi) is 3.66. The molecular weight excluding hydrogens is 180 g/mol. The summed E-state index contributed by atoms with van der Waals surface area (Å²) >= 11 is 4.47. The molecule has 0 saturated carbocycles. The van der Waals surface area contributed by atoms with Gasteiger partial charge in [-0.1, -0.05) is 0 Å². The summed E-state index contributed by atoms with van der Waals surface area (Å²) in [5.74, 6) is 0.895. The molecule has 0 unspecified atom stereocenters. The zero-order chi connectivity index (χ0) is 10.1. The number of nitrogens with one attached hydrogen (secondary N) is 1. The van der Waals surface area contributed by atoms with Gasteiger partial charge in [-0.3, -0.25) is 4.90 Å². The van der Waals surface area contributed by atoms with Gasteiger partial charge in [-0.05, 0) is 40.7 Å². The Balaban J connectivity index is 2.84. The van der Waals surface area contributed by atoms with Gasteiger partial charge in [-0.2, -0.15) is 12.6 Å². The van der Waals surface area contributed by atoms with E-state index in [4.69, 9.17) is 0 Å². The molecule has 0 amide bonds. The fourth-order valence-electron chi connectivity index (χ4n) is 2.63. The highest BCUT2D eigenvalue weighted by Crippen LogP contribution is 2.34. The molecule has 1 heterocycles. The van der Waals surface area contributed by atoms with Gasteiger partial charge in [-0.15, -0.1) is 0 Å². The Morgan fingerprint density at radius 3 is 2.54 bits per heavy atom. The molecule has 0 aromatic rings. The van der Waals surface area contributed by atoms with Crippen molar-refractivity contribution in [1.29, 1.82) is 0 Å². The first-order valence-corrected chi connectivity index (χ1v) is 5.79. The van der Waals surface area contributed by atoms with E-state index < -0.39 is 0 Å². The van der Waals surface area contributed by atoms with Crippen LogP contribution < -0.4 is 5.32 Å². The topological polar surface area (TPSA) is 15.3 Å². The van der Waals surface area contributed by atoms with Crippen LogP contribution in [0.4, 0.5) is 0 Å². The van der Waals surface area contributed by atoms with Crippen molar-refractivity contribution < 1.29 is 0 Å². The molecule has 0 spiro atoms. The van der Waals surface area contributed by atoms with Crippen LogP contribution in [-0.4, -0.2) is 35.4 Å². The van der Waals surface area contributed by atoms with Gasteiger partial charge in [0.25, 0.3) is 0 Å². The van der Waals surface area contributed by atoms with Crippen LogP contribution in [-0.2, 0) is 0 Å². The lowest BCUT2D eigenvalue weighted by molar-refractivity contribution is 0.0673. The van der Waals surface area contributed by atoms with Gasteiger partial charge >= 0.3 is 0 Å². The van der Waals surface area contributed by atoms with E-state index in [2.05, 4.69) is 43.6 Å². The number of thiol groups is 1. The van der Waals surface area contributed by atoms with Crippen LogP contribution in [0.25, 0.3) is 0 Å². The van der Waals surface area contributed by atoms with Crippen LogP contribution in [0.1, 0.15) is 33.6 Å². The lowest BCUT2D eigenvalue weighted by Crippen LogP contribution is -2.59. The Bertz CT molecular complexity index is 166. The first kappa shape index (κ1) is 11.3. The van der Waals surface area contributed by atoms with Crippen molar-refractivity contribution in [3.8, 4) is 0 Å². The van der Waals surface area contributed by atoms with Crippen LogP contribution in [0, 0.1) is 0 Å². The lowest BCUT2D eigenvalue weighted by Gasteiger charge is -2.42. The monoisotopic (exact) mass is 202 g/mol. The van der Waals surface area contributed by atoms with Crippen molar-refractivity contribution in [3.05, 3.63) is 0 Å². The predicted molar refractivity (Wildman–Crippen MR) is 61.3 cm³/mol. The molecule has 1 fully saturated rings. The van der Waals surface area contributed by atoms with E-state index in [9.17, 15) is 0 Å². The third kappa shape index (κ3) is 1.88. The van der Waals surface area contributed by atoms with Crippen molar-refractivity contribution in [2.75, 3.05) is 12.8 Å². The van der Waals surface area contributed by atoms with Gasteiger partial charge in [0.15, 0.2) is 0 Å². The molecule has 13 heavy (non-hydrogen) atoms. The minimum absolute atomic E-state index is 0.136. The maximum Gasteiger partial charge on any atom is 0.0805 e. The van der Waals surface area contributed by atoms with Gasteiger partial charge < -0.3 is 5.32 Å². The quantitative estimate of drug-likeness (QED) is 0.678. The Morgan fingerprint density at radius 2 is 2.23 bits per heavy atom. The molecule has 1 aliphatic rings.